The van der Waals surface area contributed by atoms with Crippen LogP contribution in [0.4, 0.5) is 0 Å². The van der Waals surface area contributed by atoms with Gasteiger partial charge in [-0.1, -0.05) is 15.9 Å². The molecule has 110 valence electrons. The van der Waals surface area contributed by atoms with Crippen LogP contribution in [0.3, 0.4) is 0 Å². The minimum Gasteiger partial charge on any atom is -0.358 e. The second-order valence-corrected chi connectivity index (χ2v) is 5.02. The van der Waals surface area contributed by atoms with E-state index in [2.05, 4.69) is 42.0 Å². The summed E-state index contributed by atoms with van der Waals surface area (Å²) in [7, 11) is 1.50. The van der Waals surface area contributed by atoms with Crippen molar-refractivity contribution in [2.75, 3.05) is 13.6 Å². The van der Waals surface area contributed by atoms with Crippen molar-refractivity contribution >= 4 is 27.7 Å². The zero-order chi connectivity index (χ0) is 15.2. The van der Waals surface area contributed by atoms with Crippen molar-refractivity contribution in [2.45, 2.75) is 6.54 Å². The van der Waals surface area contributed by atoms with Gasteiger partial charge in [-0.15, -0.1) is 10.2 Å². The molecule has 2 rings (SSSR count). The Morgan fingerprint density at radius 3 is 2.62 bits per heavy atom. The van der Waals surface area contributed by atoms with Crippen LogP contribution in [0.25, 0.3) is 11.4 Å². The fourth-order valence-corrected chi connectivity index (χ4v) is 1.74. The van der Waals surface area contributed by atoms with E-state index in [1.54, 1.807) is 0 Å². The maximum absolute atomic E-state index is 11.6. The Labute approximate surface area is 129 Å². The number of rotatable bonds is 5. The van der Waals surface area contributed by atoms with Gasteiger partial charge in [0.25, 0.3) is 0 Å². The summed E-state index contributed by atoms with van der Waals surface area (Å²) >= 11 is 3.34. The Balaban J connectivity index is 1.95. The summed E-state index contributed by atoms with van der Waals surface area (Å²) in [5.41, 5.74) is 0.801. The average Bonchev–Trinajstić information content (AvgIpc) is 2.94. The molecule has 9 heteroatoms. The number of likely N-dealkylation sites (N-methyl/N-ethyl adjacent to an activating group) is 1. The van der Waals surface area contributed by atoms with E-state index in [-0.39, 0.29) is 24.9 Å². The number of nitrogens with zero attached hydrogens (tertiary/aromatic N) is 4. The Kier molecular flexibility index (Phi) is 4.99. The van der Waals surface area contributed by atoms with Gasteiger partial charge in [0.05, 0.1) is 6.54 Å². The quantitative estimate of drug-likeness (QED) is 0.786. The fraction of sp³-hybridized carbons (Fsp3) is 0.250. The molecule has 1 aromatic carbocycles. The zero-order valence-corrected chi connectivity index (χ0v) is 12.8. The molecule has 2 amide bonds. The normalized spacial score (nSPS) is 10.2. The first kappa shape index (κ1) is 15.1. The number of aromatic nitrogens is 4. The smallest absolute Gasteiger partial charge is 0.244 e. The Hall–Kier alpha value is -2.29. The van der Waals surface area contributed by atoms with Crippen LogP contribution in [0.2, 0.25) is 0 Å². The molecule has 21 heavy (non-hydrogen) atoms. The van der Waals surface area contributed by atoms with E-state index >= 15 is 0 Å². The lowest BCUT2D eigenvalue weighted by Gasteiger charge is -2.02. The molecule has 0 aliphatic carbocycles. The predicted octanol–water partition coefficient (Wildman–Crippen LogP) is -0.0352. The number of tetrazole rings is 1. The molecule has 1 aromatic heterocycles. The highest BCUT2D eigenvalue weighted by Crippen LogP contribution is 2.17. The van der Waals surface area contributed by atoms with Gasteiger partial charge >= 0.3 is 0 Å². The number of carbonyl (C=O) groups is 2. The molecule has 0 spiro atoms. The van der Waals surface area contributed by atoms with E-state index in [0.717, 1.165) is 10.0 Å². The summed E-state index contributed by atoms with van der Waals surface area (Å²) in [6.45, 7) is -0.176. The second-order valence-electron chi connectivity index (χ2n) is 4.10. The highest BCUT2D eigenvalue weighted by molar-refractivity contribution is 9.10. The van der Waals surface area contributed by atoms with Crippen LogP contribution in [0, 0.1) is 0 Å². The molecule has 0 saturated heterocycles. The third kappa shape index (κ3) is 4.35. The molecule has 0 aliphatic rings. The lowest BCUT2D eigenvalue weighted by Crippen LogP contribution is -2.37. The van der Waals surface area contributed by atoms with Crippen LogP contribution < -0.4 is 10.6 Å². The molecule has 0 saturated carbocycles. The van der Waals surface area contributed by atoms with Gasteiger partial charge in [0.2, 0.25) is 17.6 Å². The first-order chi connectivity index (χ1) is 10.1. The topological polar surface area (TPSA) is 102 Å². The molecule has 1 heterocycles. The van der Waals surface area contributed by atoms with Gasteiger partial charge in [0.15, 0.2) is 0 Å². The monoisotopic (exact) mass is 352 g/mol. The van der Waals surface area contributed by atoms with Crippen LogP contribution in [-0.2, 0) is 16.1 Å². The predicted molar refractivity (Wildman–Crippen MR) is 78.0 cm³/mol. The average molecular weight is 353 g/mol. The number of benzene rings is 1. The van der Waals surface area contributed by atoms with Crippen molar-refractivity contribution in [3.8, 4) is 11.4 Å². The van der Waals surface area contributed by atoms with E-state index < -0.39 is 0 Å². The third-order valence-electron chi connectivity index (χ3n) is 2.57. The summed E-state index contributed by atoms with van der Waals surface area (Å²) in [6.07, 6.45) is 0. The van der Waals surface area contributed by atoms with E-state index in [4.69, 9.17) is 0 Å². The van der Waals surface area contributed by atoms with E-state index in [9.17, 15) is 9.59 Å². The molecule has 2 N–H and O–H groups in total. The van der Waals surface area contributed by atoms with Crippen molar-refractivity contribution in [1.82, 2.24) is 30.8 Å². The zero-order valence-electron chi connectivity index (χ0n) is 11.2. The summed E-state index contributed by atoms with van der Waals surface area (Å²) in [5, 5.41) is 16.7. The maximum atomic E-state index is 11.6. The Bertz CT molecular complexity index is 639. The molecule has 0 radical (unpaired) electrons. The number of hydrogen-bond acceptors (Lipinski definition) is 5. The lowest BCUT2D eigenvalue weighted by atomic mass is 10.2. The lowest BCUT2D eigenvalue weighted by molar-refractivity contribution is -0.126. The first-order valence-electron chi connectivity index (χ1n) is 6.09. The first-order valence-corrected chi connectivity index (χ1v) is 6.89. The highest BCUT2D eigenvalue weighted by atomic mass is 79.9. The maximum Gasteiger partial charge on any atom is 0.244 e. The Morgan fingerprint density at radius 2 is 1.95 bits per heavy atom. The van der Waals surface area contributed by atoms with Crippen molar-refractivity contribution in [3.05, 3.63) is 28.7 Å². The van der Waals surface area contributed by atoms with E-state index in [1.807, 2.05) is 24.3 Å². The van der Waals surface area contributed by atoms with Crippen molar-refractivity contribution in [1.29, 1.82) is 0 Å². The molecule has 0 bridgehead atoms. The van der Waals surface area contributed by atoms with Crippen LogP contribution in [0.15, 0.2) is 28.7 Å². The molecular weight excluding hydrogens is 340 g/mol. The summed E-state index contributed by atoms with van der Waals surface area (Å²) in [5.74, 6) is -0.203. The van der Waals surface area contributed by atoms with Gasteiger partial charge in [-0.3, -0.25) is 9.59 Å². The van der Waals surface area contributed by atoms with Crippen molar-refractivity contribution < 1.29 is 9.59 Å². The number of carbonyl (C=O) groups excluding carboxylic acids is 2. The van der Waals surface area contributed by atoms with Gasteiger partial charge in [0, 0.05) is 17.1 Å². The molecule has 2 aromatic rings. The van der Waals surface area contributed by atoms with Crippen molar-refractivity contribution in [2.24, 2.45) is 0 Å². The number of nitrogens with one attached hydrogen (secondary N) is 2. The van der Waals surface area contributed by atoms with Crippen molar-refractivity contribution in [3.63, 3.8) is 0 Å². The van der Waals surface area contributed by atoms with Gasteiger partial charge in [0.1, 0.15) is 6.54 Å². The second kappa shape index (κ2) is 6.93. The SMILES string of the molecule is CNC(=O)CNC(=O)Cn1nnc(-c2ccc(Br)cc2)n1. The standard InChI is InChI=1S/C12H13BrN6O2/c1-14-10(20)6-15-11(21)7-19-17-12(16-18-19)8-2-4-9(13)5-3-8/h2-5H,6-7H2,1H3,(H,14,20)(H,15,21). The minimum atomic E-state index is -0.363. The summed E-state index contributed by atoms with van der Waals surface area (Å²) < 4.78 is 0.951. The van der Waals surface area contributed by atoms with E-state index in [0.29, 0.717) is 5.82 Å². The third-order valence-corrected chi connectivity index (χ3v) is 3.09. The number of hydrogen-bond donors (Lipinski definition) is 2. The summed E-state index contributed by atoms with van der Waals surface area (Å²) in [6, 6.07) is 7.42. The highest BCUT2D eigenvalue weighted by Gasteiger charge is 2.10. The van der Waals surface area contributed by atoms with Gasteiger partial charge < -0.3 is 10.6 Å². The molecule has 0 unspecified atom stereocenters. The fourth-order valence-electron chi connectivity index (χ4n) is 1.48. The van der Waals surface area contributed by atoms with Gasteiger partial charge in [-0.05, 0) is 29.5 Å². The van der Waals surface area contributed by atoms with Crippen LogP contribution in [-0.4, -0.2) is 45.6 Å². The Morgan fingerprint density at radius 1 is 1.24 bits per heavy atom. The summed E-state index contributed by atoms with van der Waals surface area (Å²) in [4.78, 5) is 23.8. The van der Waals surface area contributed by atoms with E-state index in [1.165, 1.54) is 11.8 Å². The molecular formula is C12H13BrN6O2. The molecule has 0 aliphatic heterocycles. The van der Waals surface area contributed by atoms with Gasteiger partial charge in [-0.25, -0.2) is 0 Å². The van der Waals surface area contributed by atoms with Crippen LogP contribution >= 0.6 is 15.9 Å². The van der Waals surface area contributed by atoms with Crippen LogP contribution in [0.5, 0.6) is 0 Å². The number of amides is 2. The molecule has 0 atom stereocenters. The molecule has 0 fully saturated rings. The number of halogens is 1. The largest absolute Gasteiger partial charge is 0.358 e. The minimum absolute atomic E-state index is 0.0798. The molecule has 8 nitrogen and oxygen atoms in total. The van der Waals surface area contributed by atoms with Gasteiger partial charge in [-0.2, -0.15) is 4.80 Å². The van der Waals surface area contributed by atoms with Crippen LogP contribution in [0.1, 0.15) is 0 Å².